The van der Waals surface area contributed by atoms with Crippen molar-refractivity contribution in [1.29, 1.82) is 5.26 Å². The second kappa shape index (κ2) is 12.5. The number of benzene rings is 4. The highest BCUT2D eigenvalue weighted by molar-refractivity contribution is 6.35. The summed E-state index contributed by atoms with van der Waals surface area (Å²) in [5, 5.41) is 11.0. The number of nitrogens with zero attached hydrogens (tertiary/aromatic N) is 1. The lowest BCUT2D eigenvalue weighted by Crippen LogP contribution is -2.21. The second-order valence-electron chi connectivity index (χ2n) is 9.68. The molecule has 0 aromatic heterocycles. The molecule has 1 heterocycles. The van der Waals surface area contributed by atoms with E-state index in [4.69, 9.17) is 47.9 Å². The minimum absolute atomic E-state index is 0.0190. The summed E-state index contributed by atoms with van der Waals surface area (Å²) in [5.74, 6) is 0.814. The Morgan fingerprint density at radius 2 is 1.74 bits per heavy atom. The van der Waals surface area contributed by atoms with Crippen LogP contribution in [0.1, 0.15) is 33.7 Å². The van der Waals surface area contributed by atoms with Crippen LogP contribution in [0.2, 0.25) is 10.0 Å². The predicted molar refractivity (Wildman–Crippen MR) is 160 cm³/mol. The maximum absolute atomic E-state index is 12.5. The van der Waals surface area contributed by atoms with Gasteiger partial charge in [-0.05, 0) is 66.9 Å². The van der Waals surface area contributed by atoms with Gasteiger partial charge in [0.15, 0.2) is 6.61 Å². The quantitative estimate of drug-likeness (QED) is 0.166. The van der Waals surface area contributed by atoms with Crippen molar-refractivity contribution in [2.24, 2.45) is 5.73 Å². The van der Waals surface area contributed by atoms with Crippen molar-refractivity contribution in [3.63, 3.8) is 0 Å². The third-order valence-electron chi connectivity index (χ3n) is 6.95. The zero-order valence-electron chi connectivity index (χ0n) is 22.8. The Bertz CT molecular complexity index is 1730. The van der Waals surface area contributed by atoms with E-state index in [2.05, 4.69) is 6.07 Å². The maximum Gasteiger partial charge on any atom is 0.349 e. The summed E-state index contributed by atoms with van der Waals surface area (Å²) >= 11 is 12.2. The van der Waals surface area contributed by atoms with Gasteiger partial charge in [0.05, 0.1) is 5.92 Å². The number of aryl methyl sites for hydroxylation is 1. The summed E-state index contributed by atoms with van der Waals surface area (Å²) in [6.45, 7) is 3.91. The third-order valence-corrected chi connectivity index (χ3v) is 7.53. The number of halogens is 2. The van der Waals surface area contributed by atoms with E-state index in [1.54, 1.807) is 36.4 Å². The molecule has 1 aliphatic rings. The molecule has 9 heteroatoms. The van der Waals surface area contributed by atoms with Gasteiger partial charge in [0.1, 0.15) is 41.2 Å². The molecule has 42 heavy (non-hydrogen) atoms. The van der Waals surface area contributed by atoms with E-state index >= 15 is 0 Å². The standard InChI is InChI=1S/C33H26Cl2N2O5/c1-19-4-3-5-29(20(19)2)40-18-31(38)41-25-12-13-26-30(15-25)42-33(37)27(16-36)32(26)21-7-10-24(11-8-21)39-17-22-6-9-23(34)14-28(22)35/h3-15,32H,17-18,37H2,1-2H3. The van der Waals surface area contributed by atoms with Crippen LogP contribution in [0.25, 0.3) is 0 Å². The summed E-state index contributed by atoms with van der Waals surface area (Å²) in [5.41, 5.74) is 10.8. The van der Waals surface area contributed by atoms with Crippen molar-refractivity contribution in [2.75, 3.05) is 6.61 Å². The fourth-order valence-electron chi connectivity index (χ4n) is 4.58. The SMILES string of the molecule is Cc1cccc(OCC(=O)Oc2ccc3c(c2)OC(N)=C(C#N)C3c2ccc(OCc3ccc(Cl)cc3Cl)cc2)c1C. The van der Waals surface area contributed by atoms with Crippen LogP contribution in [0.5, 0.6) is 23.0 Å². The first-order valence-electron chi connectivity index (χ1n) is 13.0. The minimum Gasteiger partial charge on any atom is -0.489 e. The van der Waals surface area contributed by atoms with E-state index in [0.717, 1.165) is 22.3 Å². The molecule has 212 valence electrons. The summed E-state index contributed by atoms with van der Waals surface area (Å²) in [6.07, 6.45) is 0. The molecule has 0 aliphatic carbocycles. The van der Waals surface area contributed by atoms with Gasteiger partial charge in [0.2, 0.25) is 5.88 Å². The first kappa shape index (κ1) is 28.9. The van der Waals surface area contributed by atoms with Crippen molar-refractivity contribution in [3.8, 4) is 29.1 Å². The van der Waals surface area contributed by atoms with Crippen LogP contribution >= 0.6 is 23.2 Å². The van der Waals surface area contributed by atoms with Crippen LogP contribution in [0.15, 0.2) is 90.3 Å². The van der Waals surface area contributed by atoms with E-state index in [1.165, 1.54) is 0 Å². The molecular weight excluding hydrogens is 575 g/mol. The number of nitrogens with two attached hydrogens (primary N) is 1. The van der Waals surface area contributed by atoms with Crippen LogP contribution < -0.4 is 24.7 Å². The number of rotatable bonds is 8. The van der Waals surface area contributed by atoms with E-state index in [0.29, 0.717) is 32.9 Å². The van der Waals surface area contributed by atoms with Gasteiger partial charge in [-0.1, -0.05) is 59.6 Å². The Kier molecular flexibility index (Phi) is 8.58. The Hall–Kier alpha value is -4.64. The molecule has 0 fully saturated rings. The number of allylic oxidation sites excluding steroid dienone is 1. The fraction of sp³-hybridized carbons (Fsp3) is 0.152. The smallest absolute Gasteiger partial charge is 0.349 e. The van der Waals surface area contributed by atoms with Crippen molar-refractivity contribution in [1.82, 2.24) is 0 Å². The normalized spacial score (nSPS) is 13.9. The molecule has 0 saturated carbocycles. The van der Waals surface area contributed by atoms with Crippen LogP contribution in [0.3, 0.4) is 0 Å². The van der Waals surface area contributed by atoms with E-state index < -0.39 is 11.9 Å². The average Bonchev–Trinajstić information content (AvgIpc) is 2.97. The topological polar surface area (TPSA) is 104 Å². The highest BCUT2D eigenvalue weighted by atomic mass is 35.5. The van der Waals surface area contributed by atoms with Crippen LogP contribution in [0.4, 0.5) is 0 Å². The Balaban J connectivity index is 1.30. The summed E-state index contributed by atoms with van der Waals surface area (Å²) < 4.78 is 22.8. The molecule has 2 N–H and O–H groups in total. The second-order valence-corrected chi connectivity index (χ2v) is 10.5. The van der Waals surface area contributed by atoms with Crippen molar-refractivity contribution in [2.45, 2.75) is 26.4 Å². The summed E-state index contributed by atoms with van der Waals surface area (Å²) in [6, 6.07) is 25.4. The fourth-order valence-corrected chi connectivity index (χ4v) is 5.04. The molecule has 5 rings (SSSR count). The zero-order valence-corrected chi connectivity index (χ0v) is 24.3. The monoisotopic (exact) mass is 600 g/mol. The molecule has 4 aromatic carbocycles. The van der Waals surface area contributed by atoms with Gasteiger partial charge in [-0.3, -0.25) is 0 Å². The van der Waals surface area contributed by atoms with E-state index in [-0.39, 0.29) is 30.4 Å². The van der Waals surface area contributed by atoms with Gasteiger partial charge in [0.25, 0.3) is 0 Å². The number of nitriles is 1. The molecule has 1 unspecified atom stereocenters. The van der Waals surface area contributed by atoms with Gasteiger partial charge < -0.3 is 24.7 Å². The van der Waals surface area contributed by atoms with Gasteiger partial charge in [0, 0.05) is 27.2 Å². The Morgan fingerprint density at radius 3 is 2.48 bits per heavy atom. The molecule has 1 aliphatic heterocycles. The van der Waals surface area contributed by atoms with E-state index in [9.17, 15) is 10.1 Å². The summed E-state index contributed by atoms with van der Waals surface area (Å²) in [4.78, 5) is 12.5. The number of hydrogen-bond donors (Lipinski definition) is 1. The first-order valence-corrected chi connectivity index (χ1v) is 13.8. The largest absolute Gasteiger partial charge is 0.489 e. The highest BCUT2D eigenvalue weighted by Crippen LogP contribution is 2.43. The van der Waals surface area contributed by atoms with Gasteiger partial charge in [-0.25, -0.2) is 4.79 Å². The lowest BCUT2D eigenvalue weighted by molar-refractivity contribution is -0.136. The number of ether oxygens (including phenoxy) is 4. The number of hydrogen-bond acceptors (Lipinski definition) is 7. The number of carbonyl (C=O) groups excluding carboxylic acids is 1. The highest BCUT2D eigenvalue weighted by Gasteiger charge is 2.31. The van der Waals surface area contributed by atoms with Crippen molar-refractivity contribution < 1.29 is 23.7 Å². The number of fused-ring (bicyclic) bond motifs is 1. The van der Waals surface area contributed by atoms with Crippen LogP contribution in [0, 0.1) is 25.2 Å². The molecule has 0 radical (unpaired) electrons. The van der Waals surface area contributed by atoms with Gasteiger partial charge >= 0.3 is 5.97 Å². The number of carbonyl (C=O) groups is 1. The summed E-state index contributed by atoms with van der Waals surface area (Å²) in [7, 11) is 0. The predicted octanol–water partition coefficient (Wildman–Crippen LogP) is 7.39. The van der Waals surface area contributed by atoms with Crippen LogP contribution in [-0.2, 0) is 11.4 Å². The zero-order chi connectivity index (χ0) is 29.8. The maximum atomic E-state index is 12.5. The molecule has 0 amide bonds. The molecule has 1 atom stereocenters. The molecule has 4 aromatic rings. The minimum atomic E-state index is -0.570. The third kappa shape index (κ3) is 6.31. The lowest BCUT2D eigenvalue weighted by Gasteiger charge is -2.26. The molecule has 0 bridgehead atoms. The van der Waals surface area contributed by atoms with Gasteiger partial charge in [-0.2, -0.15) is 5.26 Å². The number of esters is 1. The molecule has 0 saturated heterocycles. The first-order chi connectivity index (χ1) is 20.2. The molecule has 0 spiro atoms. The average molecular weight is 601 g/mol. The van der Waals surface area contributed by atoms with Gasteiger partial charge in [-0.15, -0.1) is 0 Å². The Labute approximate surface area is 253 Å². The van der Waals surface area contributed by atoms with Crippen LogP contribution in [-0.4, -0.2) is 12.6 Å². The van der Waals surface area contributed by atoms with Crippen molar-refractivity contribution in [3.05, 3.63) is 128 Å². The Morgan fingerprint density at radius 1 is 0.976 bits per heavy atom. The lowest BCUT2D eigenvalue weighted by atomic mass is 9.83. The molecule has 7 nitrogen and oxygen atoms in total. The van der Waals surface area contributed by atoms with Crippen molar-refractivity contribution >= 4 is 29.2 Å². The van der Waals surface area contributed by atoms with E-state index in [1.807, 2.05) is 56.3 Å². The molecular formula is C33H26Cl2N2O5.